The molecule has 1 aliphatic heterocycles. The molecule has 0 aromatic carbocycles. The van der Waals surface area contributed by atoms with Crippen LogP contribution in [0.2, 0.25) is 0 Å². The highest BCUT2D eigenvalue weighted by Crippen LogP contribution is 2.17. The van der Waals surface area contributed by atoms with Crippen molar-refractivity contribution < 1.29 is 0 Å². The number of guanidine groups is 1. The third-order valence-corrected chi connectivity index (χ3v) is 5.04. The lowest BCUT2D eigenvalue weighted by molar-refractivity contribution is 0.459. The first-order chi connectivity index (χ1) is 11.7. The van der Waals surface area contributed by atoms with Gasteiger partial charge in [0, 0.05) is 38.9 Å². The molecule has 1 aromatic heterocycles. The maximum Gasteiger partial charge on any atom is 0.191 e. The van der Waals surface area contributed by atoms with Gasteiger partial charge in [-0.05, 0) is 56.2 Å². The fourth-order valence-electron chi connectivity index (χ4n) is 2.87. The van der Waals surface area contributed by atoms with E-state index in [2.05, 4.69) is 50.8 Å². The Morgan fingerprint density at radius 1 is 1.33 bits per heavy atom. The topological polar surface area (TPSA) is 52.6 Å². The Morgan fingerprint density at radius 3 is 2.75 bits per heavy atom. The minimum absolute atomic E-state index is 0.490. The summed E-state index contributed by atoms with van der Waals surface area (Å²) >= 11 is 1.91. The van der Waals surface area contributed by atoms with Gasteiger partial charge in [0.1, 0.15) is 5.82 Å². The molecule has 0 amide bonds. The van der Waals surface area contributed by atoms with Crippen LogP contribution in [0.25, 0.3) is 0 Å². The van der Waals surface area contributed by atoms with Gasteiger partial charge in [0.05, 0.1) is 0 Å². The van der Waals surface area contributed by atoms with E-state index in [-0.39, 0.29) is 0 Å². The number of unbranched alkanes of at least 4 members (excludes halogenated alkanes) is 1. The van der Waals surface area contributed by atoms with E-state index in [4.69, 9.17) is 0 Å². The lowest BCUT2D eigenvalue weighted by Gasteiger charge is -2.33. The fraction of sp³-hybridized carbons (Fsp3) is 0.667. The molecule has 2 N–H and O–H groups in total. The summed E-state index contributed by atoms with van der Waals surface area (Å²) in [6.45, 7) is 5.15. The van der Waals surface area contributed by atoms with Gasteiger partial charge in [0.2, 0.25) is 0 Å². The number of piperidine rings is 1. The van der Waals surface area contributed by atoms with Crippen molar-refractivity contribution in [2.24, 2.45) is 4.99 Å². The number of aryl methyl sites for hydroxylation is 1. The number of thioether (sulfide) groups is 1. The predicted molar refractivity (Wildman–Crippen MR) is 106 cm³/mol. The molecule has 0 aliphatic carbocycles. The number of hydrogen-bond acceptors (Lipinski definition) is 4. The summed E-state index contributed by atoms with van der Waals surface area (Å²) in [4.78, 5) is 11.3. The summed E-state index contributed by atoms with van der Waals surface area (Å²) in [5, 5.41) is 6.99. The zero-order valence-corrected chi connectivity index (χ0v) is 16.0. The summed E-state index contributed by atoms with van der Waals surface area (Å²) in [7, 11) is 1.85. The second-order valence-electron chi connectivity index (χ2n) is 6.30. The number of aliphatic imine (C=N–C) groups is 1. The molecular weight excluding hydrogens is 318 g/mol. The molecule has 0 unspecified atom stereocenters. The van der Waals surface area contributed by atoms with E-state index in [1.54, 1.807) is 0 Å². The van der Waals surface area contributed by atoms with Gasteiger partial charge in [-0.1, -0.05) is 6.07 Å². The maximum absolute atomic E-state index is 4.54. The molecule has 1 aliphatic rings. The van der Waals surface area contributed by atoms with Crippen LogP contribution in [0, 0.1) is 6.92 Å². The number of rotatable bonds is 7. The van der Waals surface area contributed by atoms with Crippen molar-refractivity contribution in [3.63, 3.8) is 0 Å². The Kier molecular flexibility index (Phi) is 8.22. The minimum atomic E-state index is 0.490. The number of aromatic nitrogens is 1. The van der Waals surface area contributed by atoms with Crippen molar-refractivity contribution >= 4 is 23.5 Å². The van der Waals surface area contributed by atoms with Gasteiger partial charge in [-0.2, -0.15) is 11.8 Å². The Bertz CT molecular complexity index is 495. The second-order valence-corrected chi connectivity index (χ2v) is 7.28. The first kappa shape index (κ1) is 18.9. The lowest BCUT2D eigenvalue weighted by Crippen LogP contribution is -2.49. The summed E-state index contributed by atoms with van der Waals surface area (Å²) in [6.07, 6.45) is 8.78. The fourth-order valence-corrected chi connectivity index (χ4v) is 3.36. The van der Waals surface area contributed by atoms with Crippen LogP contribution in [-0.4, -0.2) is 55.7 Å². The molecular formula is C18H31N5S. The highest BCUT2D eigenvalue weighted by molar-refractivity contribution is 7.98. The molecule has 1 fully saturated rings. The van der Waals surface area contributed by atoms with E-state index in [0.29, 0.717) is 6.04 Å². The van der Waals surface area contributed by atoms with Gasteiger partial charge < -0.3 is 15.5 Å². The van der Waals surface area contributed by atoms with Crippen LogP contribution in [0.5, 0.6) is 0 Å². The zero-order valence-electron chi connectivity index (χ0n) is 15.2. The number of nitrogens with one attached hydrogen (secondary N) is 2. The van der Waals surface area contributed by atoms with Gasteiger partial charge in [0.25, 0.3) is 0 Å². The van der Waals surface area contributed by atoms with Crippen molar-refractivity contribution in [1.29, 1.82) is 0 Å². The average molecular weight is 350 g/mol. The van der Waals surface area contributed by atoms with Crippen LogP contribution in [0.4, 0.5) is 5.82 Å². The Hall–Kier alpha value is -1.43. The number of nitrogens with zero attached hydrogens (tertiary/aromatic N) is 3. The first-order valence-corrected chi connectivity index (χ1v) is 10.3. The van der Waals surface area contributed by atoms with Gasteiger partial charge in [-0.25, -0.2) is 4.98 Å². The van der Waals surface area contributed by atoms with E-state index in [9.17, 15) is 0 Å². The summed E-state index contributed by atoms with van der Waals surface area (Å²) in [6, 6.07) is 4.75. The SMILES string of the molecule is CN=C(NCCCCSC)NC1CCN(c2ccc(C)cn2)CC1. The van der Waals surface area contributed by atoms with E-state index in [1.165, 1.54) is 24.2 Å². The summed E-state index contributed by atoms with van der Waals surface area (Å²) in [5.74, 6) is 3.26. The average Bonchev–Trinajstić information content (AvgIpc) is 2.62. The first-order valence-electron chi connectivity index (χ1n) is 8.86. The molecule has 2 heterocycles. The van der Waals surface area contributed by atoms with Crippen molar-refractivity contribution in [1.82, 2.24) is 15.6 Å². The summed E-state index contributed by atoms with van der Waals surface area (Å²) in [5.41, 5.74) is 1.21. The van der Waals surface area contributed by atoms with Crippen molar-refractivity contribution in [2.45, 2.75) is 38.6 Å². The van der Waals surface area contributed by atoms with Crippen molar-refractivity contribution in [3.8, 4) is 0 Å². The predicted octanol–water partition coefficient (Wildman–Crippen LogP) is 2.67. The number of pyridine rings is 1. The molecule has 1 saturated heterocycles. The highest BCUT2D eigenvalue weighted by Gasteiger charge is 2.20. The largest absolute Gasteiger partial charge is 0.356 e. The molecule has 0 bridgehead atoms. The van der Waals surface area contributed by atoms with Crippen molar-refractivity contribution in [3.05, 3.63) is 23.9 Å². The monoisotopic (exact) mass is 349 g/mol. The van der Waals surface area contributed by atoms with Crippen LogP contribution < -0.4 is 15.5 Å². The molecule has 0 saturated carbocycles. The number of hydrogen-bond donors (Lipinski definition) is 2. The van der Waals surface area contributed by atoms with E-state index in [1.807, 2.05) is 25.0 Å². The number of anilines is 1. The molecule has 2 rings (SSSR count). The minimum Gasteiger partial charge on any atom is -0.356 e. The van der Waals surface area contributed by atoms with Crippen LogP contribution in [0.3, 0.4) is 0 Å². The Balaban J connectivity index is 1.70. The standard InChI is InChI=1S/C18H31N5S/c1-15-6-7-17(21-14-15)23-11-8-16(9-12-23)22-18(19-2)20-10-4-5-13-24-3/h6-7,14,16H,4-5,8-13H2,1-3H3,(H2,19,20,22). The molecule has 24 heavy (non-hydrogen) atoms. The van der Waals surface area contributed by atoms with E-state index in [0.717, 1.165) is 44.3 Å². The van der Waals surface area contributed by atoms with Gasteiger partial charge in [0.15, 0.2) is 5.96 Å². The third-order valence-electron chi connectivity index (χ3n) is 4.35. The Labute approximate surface area is 150 Å². The Morgan fingerprint density at radius 2 is 2.12 bits per heavy atom. The highest BCUT2D eigenvalue weighted by atomic mass is 32.2. The summed E-state index contributed by atoms with van der Waals surface area (Å²) < 4.78 is 0. The van der Waals surface area contributed by atoms with Crippen LogP contribution in [0.1, 0.15) is 31.2 Å². The van der Waals surface area contributed by atoms with Gasteiger partial charge in [-0.15, -0.1) is 0 Å². The lowest BCUT2D eigenvalue weighted by atomic mass is 10.1. The second kappa shape index (κ2) is 10.4. The molecule has 134 valence electrons. The smallest absolute Gasteiger partial charge is 0.191 e. The quantitative estimate of drug-likeness (QED) is 0.450. The van der Waals surface area contributed by atoms with Crippen LogP contribution >= 0.6 is 11.8 Å². The molecule has 5 nitrogen and oxygen atoms in total. The van der Waals surface area contributed by atoms with Crippen LogP contribution in [-0.2, 0) is 0 Å². The third kappa shape index (κ3) is 6.23. The molecule has 0 atom stereocenters. The maximum atomic E-state index is 4.54. The normalized spacial score (nSPS) is 16.3. The van der Waals surface area contributed by atoms with E-state index >= 15 is 0 Å². The molecule has 1 aromatic rings. The van der Waals surface area contributed by atoms with Gasteiger partial charge >= 0.3 is 0 Å². The van der Waals surface area contributed by atoms with Crippen molar-refractivity contribution in [2.75, 3.05) is 43.6 Å². The molecule has 0 spiro atoms. The van der Waals surface area contributed by atoms with E-state index < -0.39 is 0 Å². The molecule has 0 radical (unpaired) electrons. The zero-order chi connectivity index (χ0) is 17.2. The van der Waals surface area contributed by atoms with Crippen LogP contribution in [0.15, 0.2) is 23.3 Å². The van der Waals surface area contributed by atoms with Gasteiger partial charge in [-0.3, -0.25) is 4.99 Å². The molecule has 6 heteroatoms.